The largest absolute Gasteiger partial charge is 0.352 e. The van der Waals surface area contributed by atoms with Gasteiger partial charge in [0.2, 0.25) is 5.91 Å². The highest BCUT2D eigenvalue weighted by Gasteiger charge is 2.29. The Morgan fingerprint density at radius 3 is 2.56 bits per heavy atom. The molecule has 0 aromatic heterocycles. The number of carbonyl (C=O) groups is 1. The molecule has 0 radical (unpaired) electrons. The third kappa shape index (κ3) is 3.87. The van der Waals surface area contributed by atoms with Crippen LogP contribution in [0.4, 0.5) is 0 Å². The molecule has 1 fully saturated rings. The standard InChI is InChI=1S/C13H17ClN2O.ClH/c14-10-6-4-9(5-7-10)8-16-13(17)11-2-1-3-12(11)15;/h4-7,11-12H,1-3,8,15H2,(H,16,17);1H. The summed E-state index contributed by atoms with van der Waals surface area (Å²) >= 11 is 5.79. The number of rotatable bonds is 3. The first-order valence-corrected chi connectivity index (χ1v) is 6.32. The maximum absolute atomic E-state index is 11.9. The lowest BCUT2D eigenvalue weighted by Gasteiger charge is -2.15. The van der Waals surface area contributed by atoms with Crippen molar-refractivity contribution in [3.8, 4) is 0 Å². The van der Waals surface area contributed by atoms with E-state index in [1.54, 1.807) is 0 Å². The van der Waals surface area contributed by atoms with Crippen molar-refractivity contribution in [1.82, 2.24) is 5.32 Å². The van der Waals surface area contributed by atoms with E-state index in [0.717, 1.165) is 24.8 Å². The monoisotopic (exact) mass is 288 g/mol. The lowest BCUT2D eigenvalue weighted by Crippen LogP contribution is -2.38. The minimum Gasteiger partial charge on any atom is -0.352 e. The average molecular weight is 289 g/mol. The molecule has 100 valence electrons. The van der Waals surface area contributed by atoms with E-state index in [0.29, 0.717) is 11.6 Å². The Balaban J connectivity index is 0.00000162. The van der Waals surface area contributed by atoms with Crippen molar-refractivity contribution in [3.05, 3.63) is 34.9 Å². The predicted octanol–water partition coefficient (Wildman–Crippen LogP) is 2.51. The number of benzene rings is 1. The molecular weight excluding hydrogens is 271 g/mol. The summed E-state index contributed by atoms with van der Waals surface area (Å²) in [6.45, 7) is 0.541. The van der Waals surface area contributed by atoms with Gasteiger partial charge in [-0.05, 0) is 30.5 Å². The van der Waals surface area contributed by atoms with E-state index >= 15 is 0 Å². The fraction of sp³-hybridized carbons (Fsp3) is 0.462. The van der Waals surface area contributed by atoms with Crippen LogP contribution in [0.5, 0.6) is 0 Å². The number of hydrogen-bond acceptors (Lipinski definition) is 2. The molecule has 2 rings (SSSR count). The summed E-state index contributed by atoms with van der Waals surface area (Å²) in [4.78, 5) is 11.9. The molecule has 1 amide bonds. The number of hydrogen-bond donors (Lipinski definition) is 2. The van der Waals surface area contributed by atoms with Gasteiger partial charge in [0.1, 0.15) is 0 Å². The molecule has 0 spiro atoms. The minimum atomic E-state index is -0.0118. The van der Waals surface area contributed by atoms with Crippen molar-refractivity contribution in [2.45, 2.75) is 31.8 Å². The summed E-state index contributed by atoms with van der Waals surface area (Å²) in [6, 6.07) is 7.50. The molecule has 2 unspecified atom stereocenters. The maximum atomic E-state index is 11.9. The Kier molecular flexibility index (Phi) is 5.93. The van der Waals surface area contributed by atoms with E-state index in [-0.39, 0.29) is 30.3 Å². The van der Waals surface area contributed by atoms with Gasteiger partial charge >= 0.3 is 0 Å². The second-order valence-corrected chi connectivity index (χ2v) is 4.98. The fourth-order valence-electron chi connectivity index (χ4n) is 2.24. The van der Waals surface area contributed by atoms with Crippen LogP contribution in [0.15, 0.2) is 24.3 Å². The van der Waals surface area contributed by atoms with Gasteiger partial charge < -0.3 is 11.1 Å². The summed E-state index contributed by atoms with van der Waals surface area (Å²) in [5, 5.41) is 3.64. The van der Waals surface area contributed by atoms with Gasteiger partial charge in [-0.15, -0.1) is 12.4 Å². The highest BCUT2D eigenvalue weighted by atomic mass is 35.5. The van der Waals surface area contributed by atoms with Gasteiger partial charge in [0.05, 0.1) is 5.92 Å². The normalized spacial score (nSPS) is 22.3. The van der Waals surface area contributed by atoms with Gasteiger partial charge in [0, 0.05) is 17.6 Å². The number of nitrogens with two attached hydrogens (primary N) is 1. The van der Waals surface area contributed by atoms with Gasteiger partial charge in [-0.1, -0.05) is 30.2 Å². The molecule has 1 saturated carbocycles. The predicted molar refractivity (Wildman–Crippen MR) is 75.9 cm³/mol. The van der Waals surface area contributed by atoms with Gasteiger partial charge in [0.15, 0.2) is 0 Å². The van der Waals surface area contributed by atoms with E-state index in [1.807, 2.05) is 24.3 Å². The molecule has 1 aromatic carbocycles. The zero-order valence-corrected chi connectivity index (χ0v) is 11.6. The number of carbonyl (C=O) groups excluding carboxylic acids is 1. The van der Waals surface area contributed by atoms with Crippen molar-refractivity contribution in [1.29, 1.82) is 0 Å². The molecule has 0 bridgehead atoms. The number of nitrogens with one attached hydrogen (secondary N) is 1. The molecule has 0 saturated heterocycles. The molecule has 0 aliphatic heterocycles. The maximum Gasteiger partial charge on any atom is 0.224 e. The van der Waals surface area contributed by atoms with E-state index in [9.17, 15) is 4.79 Å². The Hall–Kier alpha value is -0.770. The zero-order chi connectivity index (χ0) is 12.3. The summed E-state index contributed by atoms with van der Waals surface area (Å²) in [6.07, 6.45) is 2.92. The van der Waals surface area contributed by atoms with Crippen molar-refractivity contribution < 1.29 is 4.79 Å². The van der Waals surface area contributed by atoms with E-state index in [2.05, 4.69) is 5.32 Å². The number of halogens is 2. The van der Waals surface area contributed by atoms with Crippen LogP contribution in [0.25, 0.3) is 0 Å². The van der Waals surface area contributed by atoms with Crippen molar-refractivity contribution >= 4 is 29.9 Å². The SMILES string of the molecule is Cl.NC1CCCC1C(=O)NCc1ccc(Cl)cc1. The highest BCUT2D eigenvalue weighted by molar-refractivity contribution is 6.30. The highest BCUT2D eigenvalue weighted by Crippen LogP contribution is 2.24. The van der Waals surface area contributed by atoms with Crippen LogP contribution in [0, 0.1) is 5.92 Å². The Morgan fingerprint density at radius 2 is 2.00 bits per heavy atom. The van der Waals surface area contributed by atoms with Crippen LogP contribution >= 0.6 is 24.0 Å². The average Bonchev–Trinajstić information content (AvgIpc) is 2.74. The minimum absolute atomic E-state index is 0. The summed E-state index contributed by atoms with van der Waals surface area (Å²) < 4.78 is 0. The number of amides is 1. The molecule has 18 heavy (non-hydrogen) atoms. The molecule has 0 heterocycles. The zero-order valence-electron chi connectivity index (χ0n) is 10.1. The van der Waals surface area contributed by atoms with Gasteiger partial charge in [-0.2, -0.15) is 0 Å². The molecular formula is C13H18Cl2N2O. The summed E-state index contributed by atoms with van der Waals surface area (Å²) in [5.41, 5.74) is 6.94. The first-order chi connectivity index (χ1) is 8.16. The Morgan fingerprint density at radius 1 is 1.33 bits per heavy atom. The lowest BCUT2D eigenvalue weighted by molar-refractivity contribution is -0.125. The van der Waals surface area contributed by atoms with Crippen LogP contribution in [0.2, 0.25) is 5.02 Å². The first kappa shape index (κ1) is 15.3. The third-order valence-corrected chi connectivity index (χ3v) is 3.54. The molecule has 3 N–H and O–H groups in total. The first-order valence-electron chi connectivity index (χ1n) is 5.94. The molecule has 1 aromatic rings. The molecule has 1 aliphatic rings. The van der Waals surface area contributed by atoms with Gasteiger partial charge in [-0.3, -0.25) is 4.79 Å². The van der Waals surface area contributed by atoms with Crippen LogP contribution in [-0.4, -0.2) is 11.9 Å². The second-order valence-electron chi connectivity index (χ2n) is 4.55. The fourth-order valence-corrected chi connectivity index (χ4v) is 2.36. The second kappa shape index (κ2) is 6.98. The van der Waals surface area contributed by atoms with E-state index < -0.39 is 0 Å². The molecule has 3 nitrogen and oxygen atoms in total. The quantitative estimate of drug-likeness (QED) is 0.898. The van der Waals surface area contributed by atoms with Crippen LogP contribution < -0.4 is 11.1 Å². The smallest absolute Gasteiger partial charge is 0.224 e. The third-order valence-electron chi connectivity index (χ3n) is 3.29. The van der Waals surface area contributed by atoms with Crippen molar-refractivity contribution in [3.63, 3.8) is 0 Å². The Bertz CT molecular complexity index is 394. The summed E-state index contributed by atoms with van der Waals surface area (Å²) in [7, 11) is 0. The topological polar surface area (TPSA) is 55.1 Å². The van der Waals surface area contributed by atoms with Gasteiger partial charge in [0.25, 0.3) is 0 Å². The molecule has 5 heteroatoms. The van der Waals surface area contributed by atoms with Crippen molar-refractivity contribution in [2.75, 3.05) is 0 Å². The van der Waals surface area contributed by atoms with Crippen LogP contribution in [-0.2, 0) is 11.3 Å². The summed E-state index contributed by atoms with van der Waals surface area (Å²) in [5.74, 6) is 0.0623. The molecule has 1 aliphatic carbocycles. The van der Waals surface area contributed by atoms with Crippen LogP contribution in [0.1, 0.15) is 24.8 Å². The lowest BCUT2D eigenvalue weighted by atomic mass is 10.0. The van der Waals surface area contributed by atoms with E-state index in [4.69, 9.17) is 17.3 Å². The van der Waals surface area contributed by atoms with Gasteiger partial charge in [-0.25, -0.2) is 0 Å². The molecule has 2 atom stereocenters. The van der Waals surface area contributed by atoms with Crippen molar-refractivity contribution in [2.24, 2.45) is 11.7 Å². The Labute approximate surface area is 118 Å². The van der Waals surface area contributed by atoms with E-state index in [1.165, 1.54) is 0 Å². The van der Waals surface area contributed by atoms with Crippen LogP contribution in [0.3, 0.4) is 0 Å².